The van der Waals surface area contributed by atoms with Gasteiger partial charge in [0, 0.05) is 13.1 Å². The summed E-state index contributed by atoms with van der Waals surface area (Å²) in [4.78, 5) is 37.0. The fourth-order valence-electron chi connectivity index (χ4n) is 3.24. The van der Waals surface area contributed by atoms with Crippen LogP contribution in [0.3, 0.4) is 0 Å². The van der Waals surface area contributed by atoms with Gasteiger partial charge in [0.1, 0.15) is 0 Å². The number of amides is 3. The summed E-state index contributed by atoms with van der Waals surface area (Å²) in [5.74, 6) is -1.78. The van der Waals surface area contributed by atoms with Crippen molar-refractivity contribution in [2.24, 2.45) is 0 Å². The SMILES string of the molecule is CCCCCCCCNC(=O)C(=O)Nc1ccccc1C(=O)NCc1ccccc1C. The Morgan fingerprint density at radius 3 is 2.23 bits per heavy atom. The number of benzene rings is 2. The van der Waals surface area contributed by atoms with E-state index in [-0.39, 0.29) is 5.91 Å². The molecule has 0 aliphatic heterocycles. The molecule has 0 aliphatic carbocycles. The summed E-state index contributed by atoms with van der Waals surface area (Å²) in [6.45, 7) is 5.01. The molecule has 0 heterocycles. The van der Waals surface area contributed by atoms with Gasteiger partial charge in [-0.15, -0.1) is 0 Å². The van der Waals surface area contributed by atoms with Gasteiger partial charge in [0.05, 0.1) is 11.3 Å². The van der Waals surface area contributed by atoms with Crippen molar-refractivity contribution in [3.05, 3.63) is 65.2 Å². The lowest BCUT2D eigenvalue weighted by Gasteiger charge is -2.12. The third kappa shape index (κ3) is 8.24. The van der Waals surface area contributed by atoms with E-state index in [1.807, 2.05) is 31.2 Å². The molecule has 0 saturated carbocycles. The second kappa shape index (κ2) is 13.2. The summed E-state index contributed by atoms with van der Waals surface area (Å²) in [5.41, 5.74) is 2.73. The summed E-state index contributed by atoms with van der Waals surface area (Å²) in [6, 6.07) is 14.5. The molecule has 6 heteroatoms. The first-order valence-electron chi connectivity index (χ1n) is 11.0. The van der Waals surface area contributed by atoms with Gasteiger partial charge in [-0.1, -0.05) is 75.4 Å². The van der Waals surface area contributed by atoms with Crippen LogP contribution in [0.1, 0.15) is 66.9 Å². The van der Waals surface area contributed by atoms with Gasteiger partial charge in [-0.05, 0) is 36.6 Å². The number of nitrogens with one attached hydrogen (secondary N) is 3. The predicted molar refractivity (Wildman–Crippen MR) is 124 cm³/mol. The van der Waals surface area contributed by atoms with E-state index in [0.717, 1.165) is 30.4 Å². The third-order valence-corrected chi connectivity index (χ3v) is 5.14. The van der Waals surface area contributed by atoms with Crippen molar-refractivity contribution < 1.29 is 14.4 Å². The Balaban J connectivity index is 1.85. The third-order valence-electron chi connectivity index (χ3n) is 5.14. The summed E-state index contributed by atoms with van der Waals surface area (Å²) < 4.78 is 0. The first kappa shape index (κ1) is 24.1. The molecule has 0 unspecified atom stereocenters. The molecule has 0 saturated heterocycles. The Morgan fingerprint density at radius 2 is 1.45 bits per heavy atom. The number of hydrogen-bond acceptors (Lipinski definition) is 3. The van der Waals surface area contributed by atoms with Gasteiger partial charge in [-0.3, -0.25) is 14.4 Å². The van der Waals surface area contributed by atoms with Gasteiger partial charge in [0.25, 0.3) is 5.91 Å². The molecule has 2 aromatic carbocycles. The number of para-hydroxylation sites is 1. The van der Waals surface area contributed by atoms with Crippen molar-refractivity contribution in [2.75, 3.05) is 11.9 Å². The van der Waals surface area contributed by atoms with Gasteiger partial charge in [0.2, 0.25) is 0 Å². The number of rotatable bonds is 11. The number of carbonyl (C=O) groups is 3. The van der Waals surface area contributed by atoms with Crippen LogP contribution < -0.4 is 16.0 Å². The van der Waals surface area contributed by atoms with Gasteiger partial charge < -0.3 is 16.0 Å². The quantitative estimate of drug-likeness (QED) is 0.371. The van der Waals surface area contributed by atoms with E-state index >= 15 is 0 Å². The molecule has 3 N–H and O–H groups in total. The molecule has 166 valence electrons. The molecule has 31 heavy (non-hydrogen) atoms. The van der Waals surface area contributed by atoms with Crippen LogP contribution >= 0.6 is 0 Å². The van der Waals surface area contributed by atoms with Crippen LogP contribution in [0.15, 0.2) is 48.5 Å². The molecule has 2 rings (SSSR count). The highest BCUT2D eigenvalue weighted by molar-refractivity contribution is 6.40. The molecular formula is C25H33N3O3. The van der Waals surface area contributed by atoms with Crippen molar-refractivity contribution in [1.82, 2.24) is 10.6 Å². The summed E-state index contributed by atoms with van der Waals surface area (Å²) in [6.07, 6.45) is 6.65. The zero-order valence-electron chi connectivity index (χ0n) is 18.5. The molecule has 0 radical (unpaired) electrons. The molecule has 0 atom stereocenters. The second-order valence-corrected chi connectivity index (χ2v) is 7.63. The summed E-state index contributed by atoms with van der Waals surface area (Å²) in [7, 11) is 0. The summed E-state index contributed by atoms with van der Waals surface area (Å²) in [5, 5.41) is 8.07. The first-order chi connectivity index (χ1) is 15.0. The minimum Gasteiger partial charge on any atom is -0.348 e. The standard InChI is InChI=1S/C25H33N3O3/c1-3-4-5-6-7-12-17-26-24(30)25(31)28-22-16-11-10-15-21(22)23(29)27-18-20-14-9-8-13-19(20)2/h8-11,13-16H,3-7,12,17-18H2,1-2H3,(H,26,30)(H,27,29)(H,28,31). The average molecular weight is 424 g/mol. The van der Waals surface area contributed by atoms with Crippen LogP contribution in [0, 0.1) is 6.92 Å². The van der Waals surface area contributed by atoms with Crippen LogP contribution in [-0.4, -0.2) is 24.3 Å². The smallest absolute Gasteiger partial charge is 0.313 e. The van der Waals surface area contributed by atoms with E-state index < -0.39 is 11.8 Å². The highest BCUT2D eigenvalue weighted by Crippen LogP contribution is 2.15. The number of anilines is 1. The molecule has 0 aliphatic rings. The molecule has 0 spiro atoms. The Kier molecular flexibility index (Phi) is 10.3. The second-order valence-electron chi connectivity index (χ2n) is 7.63. The van der Waals surface area contributed by atoms with E-state index in [2.05, 4.69) is 22.9 Å². The van der Waals surface area contributed by atoms with E-state index in [0.29, 0.717) is 24.3 Å². The number of hydrogen-bond donors (Lipinski definition) is 3. The molecule has 0 bridgehead atoms. The predicted octanol–water partition coefficient (Wildman–Crippen LogP) is 4.34. The minimum atomic E-state index is -0.773. The maximum Gasteiger partial charge on any atom is 0.313 e. The molecule has 0 fully saturated rings. The zero-order chi connectivity index (χ0) is 22.5. The highest BCUT2D eigenvalue weighted by Gasteiger charge is 2.17. The Hall–Kier alpha value is -3.15. The zero-order valence-corrected chi connectivity index (χ0v) is 18.5. The topological polar surface area (TPSA) is 87.3 Å². The van der Waals surface area contributed by atoms with Crippen LogP contribution in [0.2, 0.25) is 0 Å². The lowest BCUT2D eigenvalue weighted by Crippen LogP contribution is -2.36. The number of carbonyl (C=O) groups excluding carboxylic acids is 3. The number of unbranched alkanes of at least 4 members (excludes halogenated alkanes) is 5. The number of aryl methyl sites for hydroxylation is 1. The molecule has 3 amide bonds. The molecular weight excluding hydrogens is 390 g/mol. The van der Waals surface area contributed by atoms with Gasteiger partial charge in [0.15, 0.2) is 0 Å². The van der Waals surface area contributed by atoms with E-state index in [9.17, 15) is 14.4 Å². The van der Waals surface area contributed by atoms with Crippen LogP contribution in [-0.2, 0) is 16.1 Å². The van der Waals surface area contributed by atoms with Crippen molar-refractivity contribution in [1.29, 1.82) is 0 Å². The molecule has 6 nitrogen and oxygen atoms in total. The van der Waals surface area contributed by atoms with Crippen molar-refractivity contribution in [3.63, 3.8) is 0 Å². The van der Waals surface area contributed by atoms with E-state index in [1.165, 1.54) is 19.3 Å². The van der Waals surface area contributed by atoms with Gasteiger partial charge >= 0.3 is 11.8 Å². The van der Waals surface area contributed by atoms with Crippen molar-refractivity contribution >= 4 is 23.4 Å². The Labute approximate surface area is 184 Å². The lowest BCUT2D eigenvalue weighted by atomic mass is 10.1. The molecule has 0 aromatic heterocycles. The summed E-state index contributed by atoms with van der Waals surface area (Å²) >= 11 is 0. The van der Waals surface area contributed by atoms with E-state index in [1.54, 1.807) is 24.3 Å². The van der Waals surface area contributed by atoms with Crippen LogP contribution in [0.5, 0.6) is 0 Å². The van der Waals surface area contributed by atoms with Gasteiger partial charge in [-0.2, -0.15) is 0 Å². The highest BCUT2D eigenvalue weighted by atomic mass is 16.2. The van der Waals surface area contributed by atoms with Crippen LogP contribution in [0.4, 0.5) is 5.69 Å². The van der Waals surface area contributed by atoms with E-state index in [4.69, 9.17) is 0 Å². The molecule has 2 aromatic rings. The van der Waals surface area contributed by atoms with Crippen LogP contribution in [0.25, 0.3) is 0 Å². The lowest BCUT2D eigenvalue weighted by molar-refractivity contribution is -0.136. The average Bonchev–Trinajstić information content (AvgIpc) is 2.78. The Bertz CT molecular complexity index is 880. The van der Waals surface area contributed by atoms with Crippen molar-refractivity contribution in [3.8, 4) is 0 Å². The van der Waals surface area contributed by atoms with Gasteiger partial charge in [-0.25, -0.2) is 0 Å². The first-order valence-corrected chi connectivity index (χ1v) is 11.0. The largest absolute Gasteiger partial charge is 0.348 e. The van der Waals surface area contributed by atoms with Crippen molar-refractivity contribution in [2.45, 2.75) is 58.9 Å². The minimum absolute atomic E-state index is 0.310. The maximum atomic E-state index is 12.7. The normalized spacial score (nSPS) is 10.4. The maximum absolute atomic E-state index is 12.7. The fourth-order valence-corrected chi connectivity index (χ4v) is 3.24. The Morgan fingerprint density at radius 1 is 0.774 bits per heavy atom. The fraction of sp³-hybridized carbons (Fsp3) is 0.400. The monoisotopic (exact) mass is 423 g/mol.